The van der Waals surface area contributed by atoms with Crippen LogP contribution in [0.4, 0.5) is 0 Å². The van der Waals surface area contributed by atoms with Crippen LogP contribution in [0, 0.1) is 0 Å². The summed E-state index contributed by atoms with van der Waals surface area (Å²) in [7, 11) is 0. The van der Waals surface area contributed by atoms with Gasteiger partial charge in [-0.15, -0.1) is 11.3 Å². The van der Waals surface area contributed by atoms with E-state index >= 15 is 0 Å². The Bertz CT molecular complexity index is 554. The van der Waals surface area contributed by atoms with Crippen molar-refractivity contribution in [2.75, 3.05) is 0 Å². The number of thiazole rings is 1. The number of carbonyl (C=O) groups excluding carboxylic acids is 1. The van der Waals surface area contributed by atoms with Crippen molar-refractivity contribution in [3.05, 3.63) is 39.3 Å². The van der Waals surface area contributed by atoms with Gasteiger partial charge in [0.1, 0.15) is 5.01 Å². The van der Waals surface area contributed by atoms with Gasteiger partial charge in [0, 0.05) is 10.9 Å². The van der Waals surface area contributed by atoms with Crippen LogP contribution in [-0.2, 0) is 0 Å². The smallest absolute Gasteiger partial charge is 0.125 e. The van der Waals surface area contributed by atoms with E-state index in [1.54, 1.807) is 18.2 Å². The number of hydrogen-bond donors (Lipinski definition) is 0. The minimum absolute atomic E-state index is 0.101. The first-order valence-electron chi connectivity index (χ1n) is 4.21. The molecule has 2 rings (SSSR count). The summed E-state index contributed by atoms with van der Waals surface area (Å²) >= 11 is 13.0. The van der Waals surface area contributed by atoms with Gasteiger partial charge in [-0.3, -0.25) is 0 Å². The average molecular weight is 273 g/mol. The van der Waals surface area contributed by atoms with Gasteiger partial charge in [-0.2, -0.15) is 0 Å². The molecule has 0 atom stereocenters. The van der Waals surface area contributed by atoms with Crippen LogP contribution in [-0.4, -0.2) is 11.0 Å². The maximum Gasteiger partial charge on any atom is 0.125 e. The fourth-order valence-corrected chi connectivity index (χ4v) is 2.43. The van der Waals surface area contributed by atoms with Gasteiger partial charge in [-0.1, -0.05) is 35.3 Å². The van der Waals surface area contributed by atoms with Crippen molar-refractivity contribution in [3.63, 3.8) is 0 Å². The normalized spacial score (nSPS) is 10.4. The summed E-state index contributed by atoms with van der Waals surface area (Å²) < 4.78 is 0. The number of rotatable bonds is 2. The third kappa shape index (κ3) is 2.04. The largest absolute Gasteiger partial charge is 0.543 e. The highest BCUT2D eigenvalue weighted by atomic mass is 35.5. The predicted molar refractivity (Wildman–Crippen MR) is 61.9 cm³/mol. The molecule has 1 aromatic heterocycles. The first kappa shape index (κ1) is 11.4. The molecule has 0 radical (unpaired) electrons. The molecule has 0 saturated carbocycles. The van der Waals surface area contributed by atoms with E-state index in [0.29, 0.717) is 20.6 Å². The molecule has 0 fully saturated rings. The fourth-order valence-electron chi connectivity index (χ4n) is 1.16. The highest BCUT2D eigenvalue weighted by Crippen LogP contribution is 2.34. The lowest BCUT2D eigenvalue weighted by molar-refractivity contribution is -0.255. The predicted octanol–water partition coefficient (Wildman–Crippen LogP) is 2.48. The van der Waals surface area contributed by atoms with E-state index < -0.39 is 5.97 Å². The van der Waals surface area contributed by atoms with Crippen LogP contribution < -0.4 is 5.11 Å². The Morgan fingerprint density at radius 2 is 2.12 bits per heavy atom. The molecule has 0 bridgehead atoms. The lowest BCUT2D eigenvalue weighted by Crippen LogP contribution is -2.22. The highest BCUT2D eigenvalue weighted by molar-refractivity contribution is 7.13. The molecule has 0 aliphatic carbocycles. The Hall–Kier alpha value is -1.10. The van der Waals surface area contributed by atoms with Gasteiger partial charge in [-0.25, -0.2) is 4.98 Å². The van der Waals surface area contributed by atoms with Crippen molar-refractivity contribution in [2.24, 2.45) is 0 Å². The highest BCUT2D eigenvalue weighted by Gasteiger charge is 2.10. The van der Waals surface area contributed by atoms with Gasteiger partial charge in [0.05, 0.1) is 21.7 Å². The molecular weight excluding hydrogens is 269 g/mol. The molecule has 0 unspecified atom stereocenters. The van der Waals surface area contributed by atoms with Gasteiger partial charge in [-0.05, 0) is 6.07 Å². The van der Waals surface area contributed by atoms with E-state index in [2.05, 4.69) is 4.98 Å². The molecule has 3 nitrogen and oxygen atoms in total. The van der Waals surface area contributed by atoms with E-state index in [1.165, 1.54) is 16.7 Å². The molecule has 82 valence electrons. The van der Waals surface area contributed by atoms with Gasteiger partial charge in [0.15, 0.2) is 0 Å². The van der Waals surface area contributed by atoms with Crippen molar-refractivity contribution in [2.45, 2.75) is 0 Å². The molecule has 1 aromatic carbocycles. The molecule has 0 aliphatic heterocycles. The van der Waals surface area contributed by atoms with Crippen molar-refractivity contribution < 1.29 is 9.90 Å². The van der Waals surface area contributed by atoms with Gasteiger partial charge in [0.2, 0.25) is 0 Å². The fraction of sp³-hybridized carbons (Fsp3) is 0. The van der Waals surface area contributed by atoms with Crippen LogP contribution in [0.15, 0.2) is 23.6 Å². The quantitative estimate of drug-likeness (QED) is 0.844. The first-order valence-corrected chi connectivity index (χ1v) is 5.84. The standard InChI is InChI=1S/C10H5Cl2NO2S/c11-6-3-1-2-5(8(6)12)9-13-7(4-16-9)10(14)15/h1-4H,(H,14,15)/p-1. The number of halogens is 2. The lowest BCUT2D eigenvalue weighted by Gasteiger charge is -2.01. The second-order valence-corrected chi connectivity index (χ2v) is 4.57. The number of nitrogens with zero attached hydrogens (tertiary/aromatic N) is 1. The van der Waals surface area contributed by atoms with Gasteiger partial charge >= 0.3 is 0 Å². The Balaban J connectivity index is 2.50. The Morgan fingerprint density at radius 1 is 1.38 bits per heavy atom. The molecule has 6 heteroatoms. The minimum atomic E-state index is -1.30. The van der Waals surface area contributed by atoms with E-state index in [0.717, 1.165) is 0 Å². The zero-order chi connectivity index (χ0) is 11.7. The number of hydrogen-bond acceptors (Lipinski definition) is 4. The number of carboxylic acid groups (broad SMARTS) is 1. The molecule has 2 aromatic rings. The van der Waals surface area contributed by atoms with E-state index in [-0.39, 0.29) is 5.69 Å². The molecule has 16 heavy (non-hydrogen) atoms. The molecular formula is C10H4Cl2NO2S-. The number of aromatic carboxylic acids is 1. The van der Waals surface area contributed by atoms with Crippen LogP contribution in [0.2, 0.25) is 10.0 Å². The van der Waals surface area contributed by atoms with Gasteiger partial charge in [0.25, 0.3) is 0 Å². The summed E-state index contributed by atoms with van der Waals surface area (Å²) in [6, 6.07) is 5.11. The SMILES string of the molecule is O=C([O-])c1csc(-c2cccc(Cl)c2Cl)n1. The summed E-state index contributed by atoms with van der Waals surface area (Å²) in [4.78, 5) is 14.5. The van der Waals surface area contributed by atoms with Gasteiger partial charge < -0.3 is 9.90 Å². The zero-order valence-corrected chi connectivity index (χ0v) is 10.1. The third-order valence-corrected chi connectivity index (χ3v) is 3.59. The van der Waals surface area contributed by atoms with Crippen LogP contribution in [0.5, 0.6) is 0 Å². The molecule has 0 amide bonds. The Morgan fingerprint density at radius 3 is 2.75 bits per heavy atom. The molecule has 0 saturated heterocycles. The summed E-state index contributed by atoms with van der Waals surface area (Å²) in [5, 5.41) is 13.3. The van der Waals surface area contributed by atoms with E-state index in [1.807, 2.05) is 0 Å². The maximum absolute atomic E-state index is 10.6. The number of carbonyl (C=O) groups is 1. The molecule has 0 aliphatic rings. The number of aromatic nitrogens is 1. The number of carboxylic acids is 1. The first-order chi connectivity index (χ1) is 7.59. The summed E-state index contributed by atoms with van der Waals surface area (Å²) in [6.07, 6.45) is 0. The average Bonchev–Trinajstić information content (AvgIpc) is 2.71. The lowest BCUT2D eigenvalue weighted by atomic mass is 10.2. The zero-order valence-electron chi connectivity index (χ0n) is 7.74. The van der Waals surface area contributed by atoms with Crippen molar-refractivity contribution in [1.82, 2.24) is 4.98 Å². The summed E-state index contributed by atoms with van der Waals surface area (Å²) in [6.45, 7) is 0. The second kappa shape index (κ2) is 4.41. The van der Waals surface area contributed by atoms with Crippen molar-refractivity contribution in [3.8, 4) is 10.6 Å². The molecule has 1 heterocycles. The van der Waals surface area contributed by atoms with E-state index in [9.17, 15) is 9.90 Å². The molecule has 0 spiro atoms. The monoisotopic (exact) mass is 272 g/mol. The maximum atomic E-state index is 10.6. The minimum Gasteiger partial charge on any atom is -0.543 e. The Labute approximate surface area is 105 Å². The van der Waals surface area contributed by atoms with E-state index in [4.69, 9.17) is 23.2 Å². The van der Waals surface area contributed by atoms with Crippen LogP contribution in [0.3, 0.4) is 0 Å². The number of benzene rings is 1. The van der Waals surface area contributed by atoms with Crippen molar-refractivity contribution >= 4 is 40.5 Å². The third-order valence-electron chi connectivity index (χ3n) is 1.90. The van der Waals surface area contributed by atoms with Crippen molar-refractivity contribution in [1.29, 1.82) is 0 Å². The second-order valence-electron chi connectivity index (χ2n) is 2.93. The Kier molecular flexibility index (Phi) is 3.14. The summed E-state index contributed by atoms with van der Waals surface area (Å²) in [5.41, 5.74) is 0.516. The topological polar surface area (TPSA) is 53.0 Å². The van der Waals surface area contributed by atoms with Crippen LogP contribution >= 0.6 is 34.5 Å². The van der Waals surface area contributed by atoms with Crippen LogP contribution in [0.25, 0.3) is 10.6 Å². The van der Waals surface area contributed by atoms with Crippen LogP contribution in [0.1, 0.15) is 10.5 Å². The summed E-state index contributed by atoms with van der Waals surface area (Å²) in [5.74, 6) is -1.30. The molecule has 0 N–H and O–H groups in total.